The lowest BCUT2D eigenvalue weighted by molar-refractivity contribution is 0.00226. The molecule has 0 aromatic carbocycles. The fraction of sp³-hybridized carbons (Fsp3) is 0.692. The van der Waals surface area contributed by atoms with Crippen LogP contribution < -0.4 is 4.90 Å². The number of rotatable bonds is 5. The highest BCUT2D eigenvalue weighted by molar-refractivity contribution is 5.99. The minimum absolute atomic E-state index is 0.206. The molecule has 0 aliphatic carbocycles. The van der Waals surface area contributed by atoms with E-state index in [1.54, 1.807) is 36.8 Å². The summed E-state index contributed by atoms with van der Waals surface area (Å²) in [6.45, 7) is 2.21. The summed E-state index contributed by atoms with van der Waals surface area (Å²) < 4.78 is 1.67. The van der Waals surface area contributed by atoms with Crippen molar-refractivity contribution in [2.24, 2.45) is 7.05 Å². The van der Waals surface area contributed by atoms with Gasteiger partial charge >= 0.3 is 0 Å². The fourth-order valence-corrected chi connectivity index (χ4v) is 2.42. The Kier molecular flexibility index (Phi) is 4.29. The Labute approximate surface area is 118 Å². The van der Waals surface area contributed by atoms with Crippen LogP contribution in [0.4, 0.5) is 5.82 Å². The van der Waals surface area contributed by atoms with Gasteiger partial charge in [-0.2, -0.15) is 0 Å². The standard InChI is InChI=1S/C13H22N4O3/c1-9(18)6-4-5-7-17-12(19)10-11(14-8-15(10)2)16(3)13(17)20/h8-9,13,18,20H,4-7H2,1-3H3. The van der Waals surface area contributed by atoms with Gasteiger partial charge in [0.1, 0.15) is 0 Å². The quantitative estimate of drug-likeness (QED) is 0.751. The molecule has 1 aliphatic rings. The number of carbonyl (C=O) groups is 1. The van der Waals surface area contributed by atoms with Crippen LogP contribution in [0.5, 0.6) is 0 Å². The van der Waals surface area contributed by atoms with Crippen molar-refractivity contribution in [2.45, 2.75) is 38.6 Å². The van der Waals surface area contributed by atoms with Crippen molar-refractivity contribution in [1.82, 2.24) is 14.5 Å². The second-order valence-electron chi connectivity index (χ2n) is 5.33. The van der Waals surface area contributed by atoms with Crippen molar-refractivity contribution in [3.05, 3.63) is 12.0 Å². The largest absolute Gasteiger partial charge is 0.393 e. The van der Waals surface area contributed by atoms with Gasteiger partial charge in [0.15, 0.2) is 11.5 Å². The monoisotopic (exact) mass is 282 g/mol. The van der Waals surface area contributed by atoms with Crippen molar-refractivity contribution in [2.75, 3.05) is 18.5 Å². The number of anilines is 1. The van der Waals surface area contributed by atoms with E-state index in [4.69, 9.17) is 0 Å². The topological polar surface area (TPSA) is 81.8 Å². The van der Waals surface area contributed by atoms with Gasteiger partial charge in [-0.25, -0.2) is 4.98 Å². The molecule has 2 heterocycles. The normalized spacial score (nSPS) is 20.2. The second-order valence-corrected chi connectivity index (χ2v) is 5.33. The molecule has 20 heavy (non-hydrogen) atoms. The van der Waals surface area contributed by atoms with E-state index < -0.39 is 6.35 Å². The Balaban J connectivity index is 2.07. The lowest BCUT2D eigenvalue weighted by Gasteiger charge is -2.38. The molecule has 2 atom stereocenters. The maximum atomic E-state index is 12.4. The number of aryl methyl sites for hydroxylation is 1. The lowest BCUT2D eigenvalue weighted by atomic mass is 10.1. The first-order chi connectivity index (χ1) is 9.43. The number of nitrogens with zero attached hydrogens (tertiary/aromatic N) is 4. The van der Waals surface area contributed by atoms with Crippen molar-refractivity contribution < 1.29 is 15.0 Å². The van der Waals surface area contributed by atoms with Gasteiger partial charge < -0.3 is 19.7 Å². The van der Waals surface area contributed by atoms with Crippen LogP contribution in [0.15, 0.2) is 6.33 Å². The minimum atomic E-state index is -0.989. The minimum Gasteiger partial charge on any atom is -0.393 e. The number of aromatic nitrogens is 2. The van der Waals surface area contributed by atoms with Gasteiger partial charge in [-0.05, 0) is 26.2 Å². The van der Waals surface area contributed by atoms with Crippen molar-refractivity contribution in [3.63, 3.8) is 0 Å². The molecule has 7 heteroatoms. The summed E-state index contributed by atoms with van der Waals surface area (Å²) in [4.78, 5) is 19.6. The highest BCUT2D eigenvalue weighted by Crippen LogP contribution is 2.27. The van der Waals surface area contributed by atoms with Crippen molar-refractivity contribution >= 4 is 11.7 Å². The van der Waals surface area contributed by atoms with Gasteiger partial charge in [-0.15, -0.1) is 0 Å². The van der Waals surface area contributed by atoms with Crippen LogP contribution in [0.3, 0.4) is 0 Å². The van der Waals surface area contributed by atoms with Crippen molar-refractivity contribution in [1.29, 1.82) is 0 Å². The highest BCUT2D eigenvalue weighted by atomic mass is 16.3. The zero-order valence-electron chi connectivity index (χ0n) is 12.2. The number of hydrogen-bond donors (Lipinski definition) is 2. The Morgan fingerprint density at radius 1 is 1.40 bits per heavy atom. The summed E-state index contributed by atoms with van der Waals surface area (Å²) in [6, 6.07) is 0. The molecular weight excluding hydrogens is 260 g/mol. The predicted molar refractivity (Wildman–Crippen MR) is 74.2 cm³/mol. The van der Waals surface area contributed by atoms with Crippen LogP contribution in [0.1, 0.15) is 36.7 Å². The van der Waals surface area contributed by atoms with E-state index in [0.717, 1.165) is 12.8 Å². The second kappa shape index (κ2) is 5.80. The number of amides is 1. The average molecular weight is 282 g/mol. The molecule has 2 N–H and O–H groups in total. The van der Waals surface area contributed by atoms with Gasteiger partial charge in [0, 0.05) is 20.6 Å². The number of aliphatic hydroxyl groups excluding tert-OH is 2. The number of carbonyl (C=O) groups excluding carboxylic acids is 1. The fourth-order valence-electron chi connectivity index (χ4n) is 2.42. The molecule has 0 radical (unpaired) electrons. The molecule has 7 nitrogen and oxygen atoms in total. The zero-order chi connectivity index (χ0) is 14.9. The lowest BCUT2D eigenvalue weighted by Crippen LogP contribution is -2.54. The van der Waals surface area contributed by atoms with Gasteiger partial charge in [-0.1, -0.05) is 0 Å². The SMILES string of the molecule is CC(O)CCCCN1C(=O)c2c(ncn2C)N(C)C1O. The Hall–Kier alpha value is -1.60. The third-order valence-electron chi connectivity index (χ3n) is 3.61. The predicted octanol–water partition coefficient (Wildman–Crippen LogP) is 0.139. The van der Waals surface area contributed by atoms with Crippen LogP contribution in [0, 0.1) is 0 Å². The van der Waals surface area contributed by atoms with E-state index in [-0.39, 0.29) is 12.0 Å². The average Bonchev–Trinajstić information content (AvgIpc) is 2.77. The summed E-state index contributed by atoms with van der Waals surface area (Å²) >= 11 is 0. The molecule has 0 fully saturated rings. The summed E-state index contributed by atoms with van der Waals surface area (Å²) in [7, 11) is 3.48. The maximum absolute atomic E-state index is 12.4. The number of imidazole rings is 1. The molecular formula is C13H22N4O3. The number of unbranched alkanes of at least 4 members (excludes halogenated alkanes) is 1. The molecule has 1 aliphatic heterocycles. The zero-order valence-corrected chi connectivity index (χ0v) is 12.2. The molecule has 1 aromatic rings. The number of hydrogen-bond acceptors (Lipinski definition) is 5. The Bertz CT molecular complexity index is 486. The third-order valence-corrected chi connectivity index (χ3v) is 3.61. The van der Waals surface area contributed by atoms with Crippen molar-refractivity contribution in [3.8, 4) is 0 Å². The van der Waals surface area contributed by atoms with Gasteiger partial charge in [0.2, 0.25) is 6.35 Å². The Morgan fingerprint density at radius 3 is 2.75 bits per heavy atom. The molecule has 0 saturated carbocycles. The summed E-state index contributed by atoms with van der Waals surface area (Å²) in [6.07, 6.45) is 2.51. The van der Waals surface area contributed by atoms with Gasteiger partial charge in [0.25, 0.3) is 5.91 Å². The van der Waals surface area contributed by atoms with Crippen LogP contribution in [-0.4, -0.2) is 56.6 Å². The maximum Gasteiger partial charge on any atom is 0.277 e. The van der Waals surface area contributed by atoms with Crippen LogP contribution >= 0.6 is 0 Å². The molecule has 112 valence electrons. The van der Waals surface area contributed by atoms with Crippen LogP contribution in [0.2, 0.25) is 0 Å². The summed E-state index contributed by atoms with van der Waals surface area (Å²) in [5.41, 5.74) is 0.494. The van der Waals surface area contributed by atoms with E-state index >= 15 is 0 Å². The molecule has 1 aromatic heterocycles. The first-order valence-corrected chi connectivity index (χ1v) is 6.84. The van der Waals surface area contributed by atoms with E-state index in [1.165, 1.54) is 4.90 Å². The molecule has 1 amide bonds. The molecule has 0 saturated heterocycles. The van der Waals surface area contributed by atoms with Gasteiger partial charge in [-0.3, -0.25) is 9.69 Å². The highest BCUT2D eigenvalue weighted by Gasteiger charge is 2.37. The van der Waals surface area contributed by atoms with E-state index in [1.807, 2.05) is 0 Å². The van der Waals surface area contributed by atoms with Crippen LogP contribution in [0.25, 0.3) is 0 Å². The number of fused-ring (bicyclic) bond motifs is 1. The van der Waals surface area contributed by atoms with Crippen LogP contribution in [-0.2, 0) is 7.05 Å². The first-order valence-electron chi connectivity index (χ1n) is 6.84. The van der Waals surface area contributed by atoms with Gasteiger partial charge in [0.05, 0.1) is 12.4 Å². The molecule has 0 bridgehead atoms. The van der Waals surface area contributed by atoms with E-state index in [9.17, 15) is 15.0 Å². The Morgan fingerprint density at radius 2 is 2.10 bits per heavy atom. The van der Waals surface area contributed by atoms with E-state index in [2.05, 4.69) is 4.98 Å². The molecule has 2 unspecified atom stereocenters. The number of aliphatic hydroxyl groups is 2. The summed E-state index contributed by atoms with van der Waals surface area (Å²) in [5, 5.41) is 19.4. The first kappa shape index (κ1) is 14.8. The van der Waals surface area contributed by atoms with E-state index in [0.29, 0.717) is 24.5 Å². The third kappa shape index (κ3) is 2.64. The molecule has 0 spiro atoms. The smallest absolute Gasteiger partial charge is 0.277 e. The molecule has 2 rings (SSSR count). The summed E-state index contributed by atoms with van der Waals surface area (Å²) in [5.74, 6) is 0.299.